The van der Waals surface area contributed by atoms with E-state index in [2.05, 4.69) is 157 Å². The minimum Gasteiger partial charge on any atom is -0.480 e. The van der Waals surface area contributed by atoms with Gasteiger partial charge < -0.3 is 5.11 Å². The lowest BCUT2D eigenvalue weighted by atomic mass is 9.69. The Morgan fingerprint density at radius 1 is 0.543 bits per heavy atom. The molecule has 2 aliphatic rings. The van der Waals surface area contributed by atoms with E-state index >= 15 is 0 Å². The summed E-state index contributed by atoms with van der Waals surface area (Å²) in [6.07, 6.45) is 2.00. The predicted octanol–water partition coefficient (Wildman–Crippen LogP) is 9.26. The molecule has 0 fully saturated rings. The molecular weight excluding hydrogens is 562 g/mol. The second-order valence-corrected chi connectivity index (χ2v) is 12.1. The molecule has 3 nitrogen and oxygen atoms in total. The molecule has 0 saturated heterocycles. The molecule has 0 heterocycles. The zero-order valence-corrected chi connectivity index (χ0v) is 25.4. The Hall–Kier alpha value is -5.51. The Morgan fingerprint density at radius 3 is 1.15 bits per heavy atom. The average Bonchev–Trinajstić information content (AvgIpc) is 3.58. The molecule has 0 amide bonds. The number of benzene rings is 6. The predicted molar refractivity (Wildman–Crippen MR) is 184 cm³/mol. The summed E-state index contributed by atoms with van der Waals surface area (Å²) in [7, 11) is 0. The lowest BCUT2D eigenvalue weighted by molar-refractivity contribution is -0.148. The second-order valence-electron chi connectivity index (χ2n) is 12.1. The van der Waals surface area contributed by atoms with Crippen molar-refractivity contribution in [3.05, 3.63) is 204 Å². The van der Waals surface area contributed by atoms with Gasteiger partial charge in [0.05, 0.1) is 0 Å². The van der Waals surface area contributed by atoms with Gasteiger partial charge in [0.15, 0.2) is 0 Å². The second kappa shape index (κ2) is 10.8. The van der Waals surface area contributed by atoms with Crippen molar-refractivity contribution in [3.8, 4) is 22.3 Å². The van der Waals surface area contributed by atoms with Crippen molar-refractivity contribution in [1.29, 1.82) is 0 Å². The standard InChI is InChI=1S/C43H33NO2/c1-2-17-40(41(45)46)44(42(30-18-5-3-6-19-30)36-26-13-9-22-32(36)33-23-10-14-27-37(33)42)43(31-20-7-4-8-21-31)38-28-15-11-24-34(38)35-25-12-16-29-39(35)43/h2-16,18-29,40H,1,17H2,(H,45,46). The minimum atomic E-state index is -0.999. The molecule has 2 aliphatic carbocycles. The SMILES string of the molecule is C=CCC(C(=O)O)N(C1(c2ccccc2)c2ccccc2-c2ccccc21)C1(c2ccccc2)c2ccccc2-c2ccccc21. The normalized spacial score (nSPS) is 15.3. The summed E-state index contributed by atoms with van der Waals surface area (Å²) >= 11 is 0. The summed E-state index contributed by atoms with van der Waals surface area (Å²) in [5, 5.41) is 11.4. The van der Waals surface area contributed by atoms with Crippen LogP contribution in [0.3, 0.4) is 0 Å². The molecule has 1 unspecified atom stereocenters. The molecular formula is C43H33NO2. The van der Waals surface area contributed by atoms with Gasteiger partial charge in [0.2, 0.25) is 0 Å². The number of hydrogen-bond acceptors (Lipinski definition) is 2. The molecule has 0 radical (unpaired) electrons. The van der Waals surface area contributed by atoms with Gasteiger partial charge >= 0.3 is 5.97 Å². The highest BCUT2D eigenvalue weighted by Gasteiger charge is 2.62. The lowest BCUT2D eigenvalue weighted by Crippen LogP contribution is -2.64. The number of nitrogens with zero attached hydrogens (tertiary/aromatic N) is 1. The molecule has 46 heavy (non-hydrogen) atoms. The summed E-state index contributed by atoms with van der Waals surface area (Å²) in [5.41, 5.74) is 8.72. The van der Waals surface area contributed by atoms with Crippen LogP contribution in [0, 0.1) is 0 Å². The van der Waals surface area contributed by atoms with Crippen molar-refractivity contribution in [2.45, 2.75) is 23.5 Å². The van der Waals surface area contributed by atoms with Crippen LogP contribution in [0.25, 0.3) is 22.3 Å². The van der Waals surface area contributed by atoms with Crippen LogP contribution in [-0.4, -0.2) is 22.0 Å². The fourth-order valence-electron chi connectivity index (χ4n) is 8.40. The van der Waals surface area contributed by atoms with Crippen LogP contribution in [0.5, 0.6) is 0 Å². The molecule has 0 saturated carbocycles. The van der Waals surface area contributed by atoms with Crippen molar-refractivity contribution < 1.29 is 9.90 Å². The van der Waals surface area contributed by atoms with Gasteiger partial charge in [-0.3, -0.25) is 9.69 Å². The fourth-order valence-corrected chi connectivity index (χ4v) is 8.40. The quantitative estimate of drug-likeness (QED) is 0.178. The minimum absolute atomic E-state index is 0.243. The summed E-state index contributed by atoms with van der Waals surface area (Å²) in [4.78, 5) is 16.3. The largest absolute Gasteiger partial charge is 0.480 e. The van der Waals surface area contributed by atoms with Gasteiger partial charge in [-0.25, -0.2) is 0 Å². The molecule has 1 atom stereocenters. The third-order valence-corrected chi connectivity index (χ3v) is 9.94. The van der Waals surface area contributed by atoms with E-state index in [1.54, 1.807) is 6.08 Å². The highest BCUT2D eigenvalue weighted by Crippen LogP contribution is 2.64. The Bertz CT molecular complexity index is 1870. The summed E-state index contributed by atoms with van der Waals surface area (Å²) in [6.45, 7) is 4.10. The molecule has 1 N–H and O–H groups in total. The third-order valence-electron chi connectivity index (χ3n) is 9.94. The van der Waals surface area contributed by atoms with Gasteiger partial charge in [0, 0.05) is 0 Å². The van der Waals surface area contributed by atoms with Crippen molar-refractivity contribution in [2.75, 3.05) is 0 Å². The summed E-state index contributed by atoms with van der Waals surface area (Å²) in [6, 6.07) is 54.0. The average molecular weight is 596 g/mol. The van der Waals surface area contributed by atoms with Crippen LogP contribution in [0.4, 0.5) is 0 Å². The van der Waals surface area contributed by atoms with E-state index in [1.807, 2.05) is 12.1 Å². The Morgan fingerprint density at radius 2 is 0.848 bits per heavy atom. The van der Waals surface area contributed by atoms with E-state index in [4.69, 9.17) is 0 Å². The topological polar surface area (TPSA) is 40.5 Å². The first-order valence-electron chi connectivity index (χ1n) is 15.8. The monoisotopic (exact) mass is 595 g/mol. The van der Waals surface area contributed by atoms with Crippen LogP contribution < -0.4 is 0 Å². The van der Waals surface area contributed by atoms with Gasteiger partial charge in [-0.05, 0) is 62.1 Å². The van der Waals surface area contributed by atoms with Crippen LogP contribution in [0.2, 0.25) is 0 Å². The molecule has 0 spiro atoms. The van der Waals surface area contributed by atoms with E-state index in [1.165, 1.54) is 0 Å². The van der Waals surface area contributed by atoms with Crippen molar-refractivity contribution >= 4 is 5.97 Å². The van der Waals surface area contributed by atoms with Crippen LogP contribution in [0.15, 0.2) is 170 Å². The van der Waals surface area contributed by atoms with E-state index in [0.29, 0.717) is 0 Å². The van der Waals surface area contributed by atoms with Crippen LogP contribution >= 0.6 is 0 Å². The number of fused-ring (bicyclic) bond motifs is 6. The third kappa shape index (κ3) is 3.67. The van der Waals surface area contributed by atoms with Crippen LogP contribution in [0.1, 0.15) is 39.8 Å². The first kappa shape index (κ1) is 28.0. The van der Waals surface area contributed by atoms with E-state index < -0.39 is 23.1 Å². The van der Waals surface area contributed by atoms with Crippen molar-refractivity contribution in [2.24, 2.45) is 0 Å². The molecule has 0 bridgehead atoms. The van der Waals surface area contributed by atoms with E-state index in [-0.39, 0.29) is 6.42 Å². The summed E-state index contributed by atoms with van der Waals surface area (Å²) < 4.78 is 0. The van der Waals surface area contributed by atoms with E-state index in [9.17, 15) is 9.90 Å². The molecule has 6 aromatic carbocycles. The zero-order chi connectivity index (χ0) is 31.3. The number of aliphatic carboxylic acids is 1. The first-order chi connectivity index (χ1) is 22.6. The smallest absolute Gasteiger partial charge is 0.321 e. The Kier molecular flexibility index (Phi) is 6.59. The van der Waals surface area contributed by atoms with Gasteiger partial charge in [0.1, 0.15) is 17.1 Å². The van der Waals surface area contributed by atoms with Gasteiger partial charge in [-0.15, -0.1) is 6.58 Å². The number of carboxylic acids is 1. The maximum Gasteiger partial charge on any atom is 0.321 e. The molecule has 8 rings (SSSR count). The van der Waals surface area contributed by atoms with Crippen molar-refractivity contribution in [1.82, 2.24) is 4.90 Å². The number of rotatable bonds is 8. The maximum absolute atomic E-state index is 13.9. The maximum atomic E-state index is 13.9. The molecule has 6 aromatic rings. The molecule has 0 aliphatic heterocycles. The number of carbonyl (C=O) groups is 1. The Balaban J connectivity index is 1.65. The van der Waals surface area contributed by atoms with E-state index in [0.717, 1.165) is 55.6 Å². The Labute approximate surface area is 269 Å². The zero-order valence-electron chi connectivity index (χ0n) is 25.4. The summed E-state index contributed by atoms with van der Waals surface area (Å²) in [5.74, 6) is -0.894. The van der Waals surface area contributed by atoms with Crippen molar-refractivity contribution in [3.63, 3.8) is 0 Å². The molecule has 222 valence electrons. The van der Waals surface area contributed by atoms with Gasteiger partial charge in [-0.1, -0.05) is 164 Å². The number of hydrogen-bond donors (Lipinski definition) is 1. The van der Waals surface area contributed by atoms with Gasteiger partial charge in [-0.2, -0.15) is 0 Å². The lowest BCUT2D eigenvalue weighted by Gasteiger charge is -2.56. The highest BCUT2D eigenvalue weighted by atomic mass is 16.4. The van der Waals surface area contributed by atoms with Gasteiger partial charge in [0.25, 0.3) is 0 Å². The molecule has 3 heteroatoms. The fraction of sp³-hybridized carbons (Fsp3) is 0.0930. The first-order valence-corrected chi connectivity index (χ1v) is 15.8. The number of carboxylic acid groups (broad SMARTS) is 1. The molecule has 0 aromatic heterocycles. The highest BCUT2D eigenvalue weighted by molar-refractivity contribution is 5.88. The van der Waals surface area contributed by atoms with Crippen LogP contribution in [-0.2, 0) is 15.9 Å².